The van der Waals surface area contributed by atoms with Crippen LogP contribution in [-0.2, 0) is 0 Å². The molecule has 1 saturated heterocycles. The van der Waals surface area contributed by atoms with Crippen LogP contribution in [0.1, 0.15) is 20.3 Å². The molecule has 1 N–H and O–H groups in total. The van der Waals surface area contributed by atoms with Gasteiger partial charge in [0.2, 0.25) is 0 Å². The SMILES string of the molecule is CC[N]C1CCNCC1C. The van der Waals surface area contributed by atoms with Crippen LogP contribution >= 0.6 is 0 Å². The highest BCUT2D eigenvalue weighted by Gasteiger charge is 2.19. The van der Waals surface area contributed by atoms with Gasteiger partial charge in [0.05, 0.1) is 0 Å². The molecule has 2 unspecified atom stereocenters. The standard InChI is InChI=1S/C8H17N2/c1-3-10-8-4-5-9-6-7(8)2/h7-9H,3-6H2,1-2H3. The van der Waals surface area contributed by atoms with Crippen LogP contribution < -0.4 is 10.6 Å². The molecule has 1 heterocycles. The van der Waals surface area contributed by atoms with Gasteiger partial charge >= 0.3 is 0 Å². The Labute approximate surface area is 63.4 Å². The Kier molecular flexibility index (Phi) is 3.16. The molecule has 0 aromatic heterocycles. The second-order valence-corrected chi connectivity index (χ2v) is 3.04. The molecule has 0 spiro atoms. The molecule has 0 aliphatic carbocycles. The average Bonchev–Trinajstić information content (AvgIpc) is 1.94. The first-order valence-electron chi connectivity index (χ1n) is 4.22. The van der Waals surface area contributed by atoms with E-state index < -0.39 is 0 Å². The summed E-state index contributed by atoms with van der Waals surface area (Å²) in [6, 6.07) is 0.631. The van der Waals surface area contributed by atoms with Gasteiger partial charge in [-0.2, -0.15) is 0 Å². The van der Waals surface area contributed by atoms with Gasteiger partial charge in [-0.05, 0) is 25.4 Å². The van der Waals surface area contributed by atoms with Gasteiger partial charge in [-0.15, -0.1) is 0 Å². The molecule has 0 bridgehead atoms. The lowest BCUT2D eigenvalue weighted by molar-refractivity contribution is 0.296. The molecule has 0 aromatic carbocycles. The number of piperidine rings is 1. The van der Waals surface area contributed by atoms with Crippen molar-refractivity contribution in [1.29, 1.82) is 0 Å². The predicted octanol–water partition coefficient (Wildman–Crippen LogP) is 0.609. The van der Waals surface area contributed by atoms with E-state index in [1.165, 1.54) is 6.42 Å². The zero-order chi connectivity index (χ0) is 7.40. The fraction of sp³-hybridized carbons (Fsp3) is 1.00. The first kappa shape index (κ1) is 8.02. The highest BCUT2D eigenvalue weighted by molar-refractivity contribution is 4.79. The third-order valence-corrected chi connectivity index (χ3v) is 2.16. The molecule has 2 nitrogen and oxygen atoms in total. The predicted molar refractivity (Wildman–Crippen MR) is 43.1 cm³/mol. The van der Waals surface area contributed by atoms with Crippen molar-refractivity contribution in [2.45, 2.75) is 26.3 Å². The van der Waals surface area contributed by atoms with Crippen LogP contribution in [0.2, 0.25) is 0 Å². The van der Waals surface area contributed by atoms with E-state index in [0.29, 0.717) is 6.04 Å². The molecule has 1 rings (SSSR count). The van der Waals surface area contributed by atoms with E-state index in [1.807, 2.05) is 0 Å². The van der Waals surface area contributed by atoms with Crippen molar-refractivity contribution in [3.63, 3.8) is 0 Å². The van der Waals surface area contributed by atoms with Gasteiger partial charge in [-0.25, -0.2) is 5.32 Å². The fourth-order valence-electron chi connectivity index (χ4n) is 1.51. The normalized spacial score (nSPS) is 34.2. The Balaban J connectivity index is 2.25. The van der Waals surface area contributed by atoms with Crippen molar-refractivity contribution in [2.24, 2.45) is 5.92 Å². The minimum Gasteiger partial charge on any atom is -0.316 e. The Hall–Kier alpha value is -0.0800. The molecule has 10 heavy (non-hydrogen) atoms. The van der Waals surface area contributed by atoms with Gasteiger partial charge < -0.3 is 5.32 Å². The van der Waals surface area contributed by atoms with Gasteiger partial charge in [0.1, 0.15) is 0 Å². The smallest absolute Gasteiger partial charge is 0.0295 e. The number of rotatable bonds is 2. The molecule has 1 radical (unpaired) electrons. The van der Waals surface area contributed by atoms with E-state index in [1.54, 1.807) is 0 Å². The highest BCUT2D eigenvalue weighted by atomic mass is 15.0. The fourth-order valence-corrected chi connectivity index (χ4v) is 1.51. The Morgan fingerprint density at radius 2 is 2.40 bits per heavy atom. The van der Waals surface area contributed by atoms with Crippen molar-refractivity contribution < 1.29 is 0 Å². The van der Waals surface area contributed by atoms with Gasteiger partial charge in [0, 0.05) is 12.6 Å². The topological polar surface area (TPSA) is 26.1 Å². The van der Waals surface area contributed by atoms with Crippen molar-refractivity contribution >= 4 is 0 Å². The number of nitrogens with zero attached hydrogens (tertiary/aromatic N) is 1. The highest BCUT2D eigenvalue weighted by Crippen LogP contribution is 2.10. The van der Waals surface area contributed by atoms with Crippen molar-refractivity contribution in [1.82, 2.24) is 10.6 Å². The van der Waals surface area contributed by atoms with E-state index in [2.05, 4.69) is 24.5 Å². The summed E-state index contributed by atoms with van der Waals surface area (Å²) in [4.78, 5) is 0. The van der Waals surface area contributed by atoms with Gasteiger partial charge in [0.25, 0.3) is 0 Å². The number of hydrogen-bond donors (Lipinski definition) is 1. The second-order valence-electron chi connectivity index (χ2n) is 3.04. The molecular weight excluding hydrogens is 124 g/mol. The molecule has 0 aromatic rings. The molecule has 0 amide bonds. The molecule has 1 aliphatic heterocycles. The summed E-state index contributed by atoms with van der Waals surface area (Å²) in [5, 5.41) is 7.89. The molecule has 2 atom stereocenters. The maximum absolute atomic E-state index is 4.52. The van der Waals surface area contributed by atoms with Gasteiger partial charge in [-0.3, -0.25) is 0 Å². The summed E-state index contributed by atoms with van der Waals surface area (Å²) in [6.07, 6.45) is 1.23. The largest absolute Gasteiger partial charge is 0.316 e. The summed E-state index contributed by atoms with van der Waals surface area (Å²) >= 11 is 0. The van der Waals surface area contributed by atoms with Crippen LogP contribution in [0.4, 0.5) is 0 Å². The quantitative estimate of drug-likeness (QED) is 0.599. The molecule has 2 heteroatoms. The van der Waals surface area contributed by atoms with E-state index in [9.17, 15) is 0 Å². The summed E-state index contributed by atoms with van der Waals surface area (Å²) in [6.45, 7) is 7.67. The van der Waals surface area contributed by atoms with Crippen LogP contribution in [0.5, 0.6) is 0 Å². The minimum atomic E-state index is 0.631. The summed E-state index contributed by atoms with van der Waals surface area (Å²) in [7, 11) is 0. The summed E-state index contributed by atoms with van der Waals surface area (Å²) < 4.78 is 0. The average molecular weight is 141 g/mol. The molecule has 59 valence electrons. The molecule has 1 aliphatic rings. The van der Waals surface area contributed by atoms with Gasteiger partial charge in [0.15, 0.2) is 0 Å². The van der Waals surface area contributed by atoms with E-state index in [-0.39, 0.29) is 0 Å². The van der Waals surface area contributed by atoms with Crippen molar-refractivity contribution in [3.8, 4) is 0 Å². The number of nitrogens with one attached hydrogen (secondary N) is 1. The van der Waals surface area contributed by atoms with Crippen LogP contribution in [-0.4, -0.2) is 25.7 Å². The van der Waals surface area contributed by atoms with Crippen LogP contribution in [0.15, 0.2) is 0 Å². The monoisotopic (exact) mass is 141 g/mol. The van der Waals surface area contributed by atoms with Crippen molar-refractivity contribution in [2.75, 3.05) is 19.6 Å². The Morgan fingerprint density at radius 1 is 1.60 bits per heavy atom. The number of hydrogen-bond acceptors (Lipinski definition) is 1. The van der Waals surface area contributed by atoms with E-state index >= 15 is 0 Å². The zero-order valence-electron chi connectivity index (χ0n) is 6.93. The summed E-state index contributed by atoms with van der Waals surface area (Å²) in [5.41, 5.74) is 0. The third kappa shape index (κ3) is 1.96. The van der Waals surface area contributed by atoms with Crippen LogP contribution in [0.25, 0.3) is 0 Å². The lowest BCUT2D eigenvalue weighted by Crippen LogP contribution is -2.43. The maximum Gasteiger partial charge on any atom is 0.0295 e. The van der Waals surface area contributed by atoms with Crippen molar-refractivity contribution in [3.05, 3.63) is 0 Å². The first-order chi connectivity index (χ1) is 4.84. The maximum atomic E-state index is 4.52. The molecule has 0 saturated carbocycles. The van der Waals surface area contributed by atoms with Crippen LogP contribution in [0.3, 0.4) is 0 Å². The first-order valence-corrected chi connectivity index (χ1v) is 4.22. The van der Waals surface area contributed by atoms with Gasteiger partial charge in [-0.1, -0.05) is 13.8 Å². The lowest BCUT2D eigenvalue weighted by Gasteiger charge is -2.28. The molecule has 1 fully saturated rings. The van der Waals surface area contributed by atoms with E-state index in [4.69, 9.17) is 0 Å². The zero-order valence-corrected chi connectivity index (χ0v) is 6.93. The Bertz CT molecular complexity index is 91.3. The van der Waals surface area contributed by atoms with E-state index in [0.717, 1.165) is 25.6 Å². The van der Waals surface area contributed by atoms with Crippen LogP contribution in [0, 0.1) is 5.92 Å². The Morgan fingerprint density at radius 3 is 3.00 bits per heavy atom. The lowest BCUT2D eigenvalue weighted by atomic mass is 9.95. The minimum absolute atomic E-state index is 0.631. The summed E-state index contributed by atoms with van der Waals surface area (Å²) in [5.74, 6) is 0.744. The third-order valence-electron chi connectivity index (χ3n) is 2.16. The second kappa shape index (κ2) is 3.94. The molecular formula is C8H17N2.